The largest absolute Gasteiger partial charge is 0.481 e. The quantitative estimate of drug-likeness (QED) is 0.753. The zero-order chi connectivity index (χ0) is 19.7. The Kier molecular flexibility index (Phi) is 4.98. The van der Waals surface area contributed by atoms with Crippen molar-refractivity contribution in [2.45, 2.75) is 45.6 Å². The lowest BCUT2D eigenvalue weighted by Crippen LogP contribution is -2.44. The molecule has 1 unspecified atom stereocenters. The molecule has 0 radical (unpaired) electrons. The highest BCUT2D eigenvalue weighted by atomic mass is 16.5. The average molecular weight is 379 g/mol. The van der Waals surface area contributed by atoms with Gasteiger partial charge in [-0.25, -0.2) is 9.97 Å². The van der Waals surface area contributed by atoms with Gasteiger partial charge in [-0.2, -0.15) is 5.10 Å². The third-order valence-electron chi connectivity index (χ3n) is 5.29. The Bertz CT molecular complexity index is 971. The number of aryl methyl sites for hydroxylation is 2. The first-order chi connectivity index (χ1) is 13.5. The number of hydrogen-bond donors (Lipinski definition) is 1. The van der Waals surface area contributed by atoms with E-state index in [0.29, 0.717) is 24.7 Å². The van der Waals surface area contributed by atoms with Crippen LogP contribution in [0.5, 0.6) is 5.75 Å². The standard InChI is InChI=1S/C21H25N5O2/c1-13-10-14(2)12-17(11-13)28-15(3)21(27)26-8-4-16(5-9-26)18-19-20(25-24-18)23-7-6-22-19/h6-7,10-12,15-16H,4-5,8-9H2,1-3H3,(H,23,24,25). The van der Waals surface area contributed by atoms with E-state index in [2.05, 4.69) is 26.2 Å². The average Bonchev–Trinajstić information content (AvgIpc) is 3.11. The Hall–Kier alpha value is -2.96. The Morgan fingerprint density at radius 3 is 2.54 bits per heavy atom. The number of aromatic nitrogens is 4. The van der Waals surface area contributed by atoms with Crippen molar-refractivity contribution in [2.75, 3.05) is 13.1 Å². The van der Waals surface area contributed by atoms with Crippen molar-refractivity contribution in [3.63, 3.8) is 0 Å². The van der Waals surface area contributed by atoms with E-state index in [9.17, 15) is 4.79 Å². The number of benzene rings is 1. The maximum Gasteiger partial charge on any atom is 0.263 e. The van der Waals surface area contributed by atoms with E-state index >= 15 is 0 Å². The van der Waals surface area contributed by atoms with Gasteiger partial charge in [-0.05, 0) is 56.9 Å². The lowest BCUT2D eigenvalue weighted by molar-refractivity contribution is -0.139. The molecule has 7 heteroatoms. The van der Waals surface area contributed by atoms with Crippen molar-refractivity contribution >= 4 is 17.1 Å². The van der Waals surface area contributed by atoms with E-state index < -0.39 is 6.10 Å². The van der Waals surface area contributed by atoms with Crippen molar-refractivity contribution in [2.24, 2.45) is 0 Å². The minimum atomic E-state index is -0.503. The van der Waals surface area contributed by atoms with Gasteiger partial charge in [0.2, 0.25) is 0 Å². The topological polar surface area (TPSA) is 84.0 Å². The smallest absolute Gasteiger partial charge is 0.263 e. The molecule has 1 amide bonds. The van der Waals surface area contributed by atoms with Crippen LogP contribution in [-0.2, 0) is 4.79 Å². The number of nitrogens with zero attached hydrogens (tertiary/aromatic N) is 4. The van der Waals surface area contributed by atoms with Crippen LogP contribution in [0.3, 0.4) is 0 Å². The fourth-order valence-electron chi connectivity index (χ4n) is 3.95. The molecule has 1 aliphatic rings. The summed E-state index contributed by atoms with van der Waals surface area (Å²) in [6.45, 7) is 7.28. The van der Waals surface area contributed by atoms with Crippen LogP contribution in [0.2, 0.25) is 0 Å². The first-order valence-corrected chi connectivity index (χ1v) is 9.70. The van der Waals surface area contributed by atoms with Crippen LogP contribution < -0.4 is 4.74 Å². The van der Waals surface area contributed by atoms with Gasteiger partial charge in [-0.3, -0.25) is 9.89 Å². The minimum Gasteiger partial charge on any atom is -0.481 e. The molecular weight excluding hydrogens is 354 g/mol. The first-order valence-electron chi connectivity index (χ1n) is 9.70. The fraction of sp³-hybridized carbons (Fsp3) is 0.429. The zero-order valence-corrected chi connectivity index (χ0v) is 16.5. The molecule has 0 aliphatic carbocycles. The summed E-state index contributed by atoms with van der Waals surface area (Å²) in [6, 6.07) is 6.02. The molecule has 146 valence electrons. The Morgan fingerprint density at radius 1 is 1.14 bits per heavy atom. The van der Waals surface area contributed by atoms with Crippen LogP contribution in [0.1, 0.15) is 42.5 Å². The number of rotatable bonds is 4. The summed E-state index contributed by atoms with van der Waals surface area (Å²) in [5.41, 5.74) is 4.76. The van der Waals surface area contributed by atoms with E-state index in [4.69, 9.17) is 4.74 Å². The predicted octanol–water partition coefficient (Wildman–Crippen LogP) is 3.14. The van der Waals surface area contributed by atoms with Crippen molar-refractivity contribution in [1.29, 1.82) is 0 Å². The summed E-state index contributed by atoms with van der Waals surface area (Å²) in [6.07, 6.45) is 4.57. The van der Waals surface area contributed by atoms with Crippen LogP contribution >= 0.6 is 0 Å². The highest BCUT2D eigenvalue weighted by Gasteiger charge is 2.29. The summed E-state index contributed by atoms with van der Waals surface area (Å²) in [4.78, 5) is 23.4. The molecule has 7 nitrogen and oxygen atoms in total. The number of fused-ring (bicyclic) bond motifs is 1. The number of carbonyl (C=O) groups excluding carboxylic acids is 1. The van der Waals surface area contributed by atoms with E-state index in [-0.39, 0.29) is 5.91 Å². The molecule has 1 atom stereocenters. The molecule has 28 heavy (non-hydrogen) atoms. The van der Waals surface area contributed by atoms with Gasteiger partial charge in [0, 0.05) is 31.4 Å². The summed E-state index contributed by atoms with van der Waals surface area (Å²) in [5, 5.41) is 7.33. The number of H-pyrrole nitrogens is 1. The summed E-state index contributed by atoms with van der Waals surface area (Å²) in [7, 11) is 0. The molecule has 1 aromatic carbocycles. The van der Waals surface area contributed by atoms with Gasteiger partial charge in [0.05, 0.1) is 5.69 Å². The van der Waals surface area contributed by atoms with Crippen LogP contribution in [0.15, 0.2) is 30.6 Å². The second kappa shape index (κ2) is 7.58. The normalized spacial score (nSPS) is 16.3. The maximum absolute atomic E-state index is 12.8. The fourth-order valence-corrected chi connectivity index (χ4v) is 3.95. The number of ether oxygens (including phenoxy) is 1. The predicted molar refractivity (Wildman–Crippen MR) is 106 cm³/mol. The first kappa shape index (κ1) is 18.4. The monoisotopic (exact) mass is 379 g/mol. The Labute approximate surface area is 164 Å². The van der Waals surface area contributed by atoms with Gasteiger partial charge in [0.25, 0.3) is 5.91 Å². The van der Waals surface area contributed by atoms with Crippen LogP contribution in [0.25, 0.3) is 11.2 Å². The molecule has 1 fully saturated rings. The third kappa shape index (κ3) is 3.69. The molecule has 0 spiro atoms. The Morgan fingerprint density at radius 2 is 1.82 bits per heavy atom. The van der Waals surface area contributed by atoms with Crippen molar-refractivity contribution in [3.05, 3.63) is 47.4 Å². The molecule has 0 bridgehead atoms. The van der Waals surface area contributed by atoms with Gasteiger partial charge in [0.1, 0.15) is 11.3 Å². The summed E-state index contributed by atoms with van der Waals surface area (Å²) >= 11 is 0. The molecule has 1 N–H and O–H groups in total. The molecule has 1 aliphatic heterocycles. The second-order valence-corrected chi connectivity index (χ2v) is 7.55. The Balaban J connectivity index is 1.38. The zero-order valence-electron chi connectivity index (χ0n) is 16.5. The number of nitrogens with one attached hydrogen (secondary N) is 1. The van der Waals surface area contributed by atoms with Gasteiger partial charge >= 0.3 is 0 Å². The van der Waals surface area contributed by atoms with Crippen LogP contribution in [0, 0.1) is 13.8 Å². The van der Waals surface area contributed by atoms with Crippen LogP contribution in [-0.4, -0.2) is 50.2 Å². The highest BCUT2D eigenvalue weighted by molar-refractivity contribution is 5.81. The van der Waals surface area contributed by atoms with Crippen LogP contribution in [0.4, 0.5) is 0 Å². The number of carbonyl (C=O) groups is 1. The second-order valence-electron chi connectivity index (χ2n) is 7.55. The number of amides is 1. The minimum absolute atomic E-state index is 0.0341. The van der Waals surface area contributed by atoms with Gasteiger partial charge in [-0.15, -0.1) is 0 Å². The van der Waals surface area contributed by atoms with Crippen molar-refractivity contribution < 1.29 is 9.53 Å². The van der Waals surface area contributed by atoms with Gasteiger partial charge in [-0.1, -0.05) is 6.07 Å². The number of piperidine rings is 1. The van der Waals surface area contributed by atoms with E-state index in [0.717, 1.165) is 40.9 Å². The lowest BCUT2D eigenvalue weighted by Gasteiger charge is -2.33. The lowest BCUT2D eigenvalue weighted by atomic mass is 9.93. The van der Waals surface area contributed by atoms with E-state index in [1.165, 1.54) is 0 Å². The molecule has 0 saturated carbocycles. The number of hydrogen-bond acceptors (Lipinski definition) is 5. The SMILES string of the molecule is Cc1cc(C)cc(OC(C)C(=O)N2CCC(c3[nH]nc4nccnc34)CC2)c1. The molecule has 4 rings (SSSR count). The molecule has 2 aromatic heterocycles. The van der Waals surface area contributed by atoms with Crippen molar-refractivity contribution in [1.82, 2.24) is 25.1 Å². The maximum atomic E-state index is 12.8. The molecular formula is C21H25N5O2. The van der Waals surface area contributed by atoms with E-state index in [1.807, 2.05) is 37.8 Å². The van der Waals surface area contributed by atoms with Gasteiger partial charge < -0.3 is 9.64 Å². The number of aromatic amines is 1. The molecule has 1 saturated heterocycles. The third-order valence-corrected chi connectivity index (χ3v) is 5.29. The highest BCUT2D eigenvalue weighted by Crippen LogP contribution is 2.30. The summed E-state index contributed by atoms with van der Waals surface area (Å²) in [5.74, 6) is 1.09. The van der Waals surface area contributed by atoms with E-state index in [1.54, 1.807) is 12.4 Å². The number of likely N-dealkylation sites (tertiary alicyclic amines) is 1. The molecule has 3 aromatic rings. The van der Waals surface area contributed by atoms with Crippen molar-refractivity contribution in [3.8, 4) is 5.75 Å². The van der Waals surface area contributed by atoms with Gasteiger partial charge in [0.15, 0.2) is 11.8 Å². The molecule has 3 heterocycles. The summed E-state index contributed by atoms with van der Waals surface area (Å²) < 4.78 is 5.92.